The number of anilines is 1. The number of carbonyl (C=O) groups is 1. The Kier molecular flexibility index (Phi) is 5.08. The molecule has 1 amide bonds. The molecule has 128 valence electrons. The highest BCUT2D eigenvalue weighted by Crippen LogP contribution is 2.28. The minimum absolute atomic E-state index is 0.0479. The van der Waals surface area contributed by atoms with Gasteiger partial charge in [0.05, 0.1) is 29.0 Å². The van der Waals surface area contributed by atoms with Crippen molar-refractivity contribution in [2.75, 3.05) is 18.2 Å². The quantitative estimate of drug-likeness (QED) is 0.806. The van der Waals surface area contributed by atoms with Gasteiger partial charge in [0.1, 0.15) is 17.3 Å². The number of halogens is 1. The van der Waals surface area contributed by atoms with Gasteiger partial charge >= 0.3 is 0 Å². The number of phenolic OH excluding ortho intramolecular Hbond substituents is 1. The summed E-state index contributed by atoms with van der Waals surface area (Å²) in [5, 5.41) is 12.1. The second-order valence-electron chi connectivity index (χ2n) is 4.88. The minimum atomic E-state index is -3.51. The lowest BCUT2D eigenvalue weighted by Gasteiger charge is -2.10. The number of rotatable bonds is 5. The first kappa shape index (κ1) is 17.7. The molecule has 0 aliphatic rings. The molecule has 0 aliphatic carbocycles. The SMILES string of the molecule is CCS(=O)(=O)c1ccc(O)c(NC(=O)c2ccc(OC)cc2F)c1. The lowest BCUT2D eigenvalue weighted by molar-refractivity contribution is 0.102. The summed E-state index contributed by atoms with van der Waals surface area (Å²) in [4.78, 5) is 12.1. The molecule has 0 heterocycles. The molecule has 2 rings (SSSR count). The number of phenols is 1. The Bertz CT molecular complexity index is 880. The predicted molar refractivity (Wildman–Crippen MR) is 86.7 cm³/mol. The molecule has 6 nitrogen and oxygen atoms in total. The number of sulfone groups is 1. The summed E-state index contributed by atoms with van der Waals surface area (Å²) in [5.74, 6) is -1.83. The molecule has 0 saturated carbocycles. The summed E-state index contributed by atoms with van der Waals surface area (Å²) in [5.41, 5.74) is -0.385. The van der Waals surface area contributed by atoms with E-state index in [4.69, 9.17) is 4.74 Å². The molecule has 0 fully saturated rings. The van der Waals surface area contributed by atoms with Gasteiger partial charge in [0.2, 0.25) is 0 Å². The van der Waals surface area contributed by atoms with E-state index in [9.17, 15) is 22.7 Å². The fourth-order valence-corrected chi connectivity index (χ4v) is 2.88. The third-order valence-corrected chi connectivity index (χ3v) is 5.11. The number of carbonyl (C=O) groups excluding carboxylic acids is 1. The first-order valence-electron chi connectivity index (χ1n) is 6.99. The van der Waals surface area contributed by atoms with Gasteiger partial charge in [-0.1, -0.05) is 6.92 Å². The Hall–Kier alpha value is -2.61. The molecule has 0 bridgehead atoms. The number of hydrogen-bond acceptors (Lipinski definition) is 5. The van der Waals surface area contributed by atoms with E-state index in [2.05, 4.69) is 5.32 Å². The summed E-state index contributed by atoms with van der Waals surface area (Å²) in [6, 6.07) is 7.21. The Labute approximate surface area is 138 Å². The van der Waals surface area contributed by atoms with E-state index in [1.54, 1.807) is 0 Å². The maximum atomic E-state index is 13.9. The van der Waals surface area contributed by atoms with Crippen molar-refractivity contribution < 1.29 is 27.4 Å². The fourth-order valence-electron chi connectivity index (χ4n) is 1.97. The first-order valence-corrected chi connectivity index (χ1v) is 8.64. The Morgan fingerprint density at radius 2 is 1.96 bits per heavy atom. The molecule has 0 unspecified atom stereocenters. The van der Waals surface area contributed by atoms with Crippen molar-refractivity contribution in [1.29, 1.82) is 0 Å². The van der Waals surface area contributed by atoms with Gasteiger partial charge in [0.15, 0.2) is 9.84 Å². The van der Waals surface area contributed by atoms with Crippen LogP contribution in [0, 0.1) is 5.82 Å². The van der Waals surface area contributed by atoms with Gasteiger partial charge in [0.25, 0.3) is 5.91 Å². The molecular formula is C16H16FNO5S. The highest BCUT2D eigenvalue weighted by Gasteiger charge is 2.17. The zero-order chi connectivity index (χ0) is 17.9. The molecule has 0 spiro atoms. The van der Waals surface area contributed by atoms with Crippen molar-refractivity contribution in [3.63, 3.8) is 0 Å². The molecule has 0 atom stereocenters. The van der Waals surface area contributed by atoms with Gasteiger partial charge in [-0.05, 0) is 30.3 Å². The van der Waals surface area contributed by atoms with E-state index in [1.165, 1.54) is 32.2 Å². The van der Waals surface area contributed by atoms with Crippen LogP contribution in [0.25, 0.3) is 0 Å². The van der Waals surface area contributed by atoms with Crippen LogP contribution < -0.4 is 10.1 Å². The highest BCUT2D eigenvalue weighted by molar-refractivity contribution is 7.91. The summed E-state index contributed by atoms with van der Waals surface area (Å²) in [6.07, 6.45) is 0. The average Bonchev–Trinajstić information content (AvgIpc) is 2.56. The largest absolute Gasteiger partial charge is 0.506 e. The number of benzene rings is 2. The third-order valence-electron chi connectivity index (χ3n) is 3.38. The lowest BCUT2D eigenvalue weighted by atomic mass is 10.2. The van der Waals surface area contributed by atoms with Crippen LogP contribution in [-0.2, 0) is 9.84 Å². The third kappa shape index (κ3) is 3.65. The van der Waals surface area contributed by atoms with E-state index in [0.717, 1.165) is 18.2 Å². The summed E-state index contributed by atoms with van der Waals surface area (Å²) >= 11 is 0. The molecular weight excluding hydrogens is 337 g/mol. The molecule has 0 aliphatic heterocycles. The van der Waals surface area contributed by atoms with Crippen LogP contribution in [0.1, 0.15) is 17.3 Å². The van der Waals surface area contributed by atoms with Crippen molar-refractivity contribution in [3.8, 4) is 11.5 Å². The average molecular weight is 353 g/mol. The van der Waals surface area contributed by atoms with Gasteiger partial charge in [-0.2, -0.15) is 0 Å². The summed E-state index contributed by atoms with van der Waals surface area (Å²) < 4.78 is 42.5. The van der Waals surface area contributed by atoms with Crippen molar-refractivity contribution >= 4 is 21.4 Å². The van der Waals surface area contributed by atoms with Crippen molar-refractivity contribution in [2.24, 2.45) is 0 Å². The summed E-state index contributed by atoms with van der Waals surface area (Å²) in [6.45, 7) is 1.48. The number of methoxy groups -OCH3 is 1. The molecule has 24 heavy (non-hydrogen) atoms. The fraction of sp³-hybridized carbons (Fsp3) is 0.188. The number of aromatic hydroxyl groups is 1. The molecule has 8 heteroatoms. The van der Waals surface area contributed by atoms with E-state index in [0.29, 0.717) is 0 Å². The van der Waals surface area contributed by atoms with Crippen molar-refractivity contribution in [3.05, 3.63) is 47.8 Å². The molecule has 0 radical (unpaired) electrons. The number of hydrogen-bond donors (Lipinski definition) is 2. The Balaban J connectivity index is 2.34. The number of amides is 1. The molecule has 0 saturated heterocycles. The maximum absolute atomic E-state index is 13.9. The monoisotopic (exact) mass is 353 g/mol. The highest BCUT2D eigenvalue weighted by atomic mass is 32.2. The van der Waals surface area contributed by atoms with Gasteiger partial charge in [-0.3, -0.25) is 4.79 Å². The van der Waals surface area contributed by atoms with Crippen molar-refractivity contribution in [1.82, 2.24) is 0 Å². The zero-order valence-electron chi connectivity index (χ0n) is 13.0. The smallest absolute Gasteiger partial charge is 0.258 e. The maximum Gasteiger partial charge on any atom is 0.258 e. The van der Waals surface area contributed by atoms with Gasteiger partial charge in [-0.15, -0.1) is 0 Å². The second kappa shape index (κ2) is 6.88. The normalized spacial score (nSPS) is 11.1. The van der Waals surface area contributed by atoms with E-state index in [1.807, 2.05) is 0 Å². The van der Waals surface area contributed by atoms with E-state index < -0.39 is 21.6 Å². The van der Waals surface area contributed by atoms with Gasteiger partial charge in [0, 0.05) is 6.07 Å². The van der Waals surface area contributed by atoms with Crippen LogP contribution in [0.15, 0.2) is 41.3 Å². The van der Waals surface area contributed by atoms with Crippen LogP contribution in [0.2, 0.25) is 0 Å². The van der Waals surface area contributed by atoms with Crippen LogP contribution >= 0.6 is 0 Å². The topological polar surface area (TPSA) is 92.7 Å². The Morgan fingerprint density at radius 1 is 1.25 bits per heavy atom. The zero-order valence-corrected chi connectivity index (χ0v) is 13.9. The standard InChI is InChI=1S/C16H16FNO5S/c1-3-24(21,22)11-5-7-15(19)14(9-11)18-16(20)12-6-4-10(23-2)8-13(12)17/h4-9,19H,3H2,1-2H3,(H,18,20). The predicted octanol–water partition coefficient (Wildman–Crippen LogP) is 2.59. The van der Waals surface area contributed by atoms with Gasteiger partial charge in [-0.25, -0.2) is 12.8 Å². The van der Waals surface area contributed by atoms with Crippen LogP contribution in [0.3, 0.4) is 0 Å². The number of ether oxygens (including phenoxy) is 1. The molecule has 0 aromatic heterocycles. The van der Waals surface area contributed by atoms with Crippen molar-refractivity contribution in [2.45, 2.75) is 11.8 Å². The van der Waals surface area contributed by atoms with Gasteiger partial charge < -0.3 is 15.2 Å². The molecule has 2 aromatic rings. The molecule has 2 aromatic carbocycles. The molecule has 2 N–H and O–H groups in total. The lowest BCUT2D eigenvalue weighted by Crippen LogP contribution is -2.14. The van der Waals surface area contributed by atoms with E-state index in [-0.39, 0.29) is 33.4 Å². The first-order chi connectivity index (χ1) is 11.3. The van der Waals surface area contributed by atoms with Crippen LogP contribution in [0.4, 0.5) is 10.1 Å². The van der Waals surface area contributed by atoms with Crippen LogP contribution in [0.5, 0.6) is 11.5 Å². The minimum Gasteiger partial charge on any atom is -0.506 e. The second-order valence-corrected chi connectivity index (χ2v) is 7.16. The van der Waals surface area contributed by atoms with Crippen LogP contribution in [-0.4, -0.2) is 32.3 Å². The number of nitrogens with one attached hydrogen (secondary N) is 1. The Morgan fingerprint density at radius 3 is 2.54 bits per heavy atom. The summed E-state index contributed by atoms with van der Waals surface area (Å²) in [7, 11) is -2.14. The van der Waals surface area contributed by atoms with E-state index >= 15 is 0 Å².